The largest absolute Gasteiger partial charge is 0.491 e. The molecule has 3 N–H and O–H groups in total. The Bertz CT molecular complexity index is 1200. The first kappa shape index (κ1) is 22.3. The van der Waals surface area contributed by atoms with E-state index in [0.29, 0.717) is 11.6 Å². The number of ether oxygens (including phenoxy) is 2. The zero-order chi connectivity index (χ0) is 23.8. The molecular weight excluding hydrogens is 418 g/mol. The Morgan fingerprint density at radius 3 is 2.39 bits per heavy atom. The molecule has 0 bridgehead atoms. The van der Waals surface area contributed by atoms with Crippen LogP contribution in [-0.2, 0) is 4.79 Å². The molecule has 3 amide bonds. The maximum atomic E-state index is 12.9. The van der Waals surface area contributed by atoms with E-state index in [4.69, 9.17) is 20.2 Å². The zero-order valence-electron chi connectivity index (χ0n) is 19.1. The molecule has 170 valence electrons. The van der Waals surface area contributed by atoms with Gasteiger partial charge in [-0.15, -0.1) is 0 Å². The van der Waals surface area contributed by atoms with Crippen LogP contribution in [0.5, 0.6) is 17.4 Å². The van der Waals surface area contributed by atoms with Crippen LogP contribution in [0, 0.1) is 5.41 Å². The summed E-state index contributed by atoms with van der Waals surface area (Å²) in [6.45, 7) is 7.53. The minimum Gasteiger partial charge on any atom is -0.491 e. The lowest BCUT2D eigenvalue weighted by Crippen LogP contribution is -2.46. The van der Waals surface area contributed by atoms with E-state index in [0.717, 1.165) is 28.1 Å². The highest BCUT2D eigenvalue weighted by molar-refractivity contribution is 5.97. The molecule has 0 fully saturated rings. The lowest BCUT2D eigenvalue weighted by Gasteiger charge is -2.37. The van der Waals surface area contributed by atoms with Crippen molar-refractivity contribution < 1.29 is 19.1 Å². The van der Waals surface area contributed by atoms with Gasteiger partial charge >= 0.3 is 6.03 Å². The lowest BCUT2D eigenvalue weighted by atomic mass is 9.69. The van der Waals surface area contributed by atoms with E-state index in [1.807, 2.05) is 74.5 Å². The van der Waals surface area contributed by atoms with E-state index in [9.17, 15) is 9.59 Å². The van der Waals surface area contributed by atoms with Gasteiger partial charge in [-0.05, 0) is 50.2 Å². The van der Waals surface area contributed by atoms with Crippen LogP contribution in [0.3, 0.4) is 0 Å². The Kier molecular flexibility index (Phi) is 5.80. The van der Waals surface area contributed by atoms with Gasteiger partial charge in [0.2, 0.25) is 11.8 Å². The van der Waals surface area contributed by atoms with Crippen molar-refractivity contribution in [3.63, 3.8) is 0 Å². The van der Waals surface area contributed by atoms with Crippen LogP contribution in [0.1, 0.15) is 44.7 Å². The van der Waals surface area contributed by atoms with Gasteiger partial charge in [0.1, 0.15) is 11.5 Å². The fourth-order valence-electron chi connectivity index (χ4n) is 4.16. The Labute approximate surface area is 192 Å². The Hall–Kier alpha value is -3.87. The first-order valence-corrected chi connectivity index (χ1v) is 10.8. The molecule has 2 heterocycles. The summed E-state index contributed by atoms with van der Waals surface area (Å²) >= 11 is 0. The van der Waals surface area contributed by atoms with Gasteiger partial charge in [0.05, 0.1) is 17.2 Å². The number of primary amides is 1. The monoisotopic (exact) mass is 445 g/mol. The molecule has 7 heteroatoms. The van der Waals surface area contributed by atoms with Crippen molar-refractivity contribution in [2.45, 2.75) is 39.7 Å². The highest BCUT2D eigenvalue weighted by Gasteiger charge is 2.44. The average molecular weight is 446 g/mol. The molecule has 7 nitrogen and oxygen atoms in total. The number of amides is 3. The van der Waals surface area contributed by atoms with Gasteiger partial charge in [0.15, 0.2) is 0 Å². The molecule has 2 aromatic carbocycles. The van der Waals surface area contributed by atoms with Crippen molar-refractivity contribution in [1.29, 1.82) is 0 Å². The number of hydrogen-bond acceptors (Lipinski definition) is 5. The number of imide groups is 1. The molecule has 1 aromatic heterocycles. The number of nitrogens with two attached hydrogens (primary N) is 1. The molecular formula is C26H27N3O4. The number of rotatable bonds is 5. The topological polar surface area (TPSA) is 104 Å². The van der Waals surface area contributed by atoms with Crippen LogP contribution in [-0.4, -0.2) is 23.0 Å². The van der Waals surface area contributed by atoms with Crippen LogP contribution in [0.2, 0.25) is 0 Å². The second-order valence-electron chi connectivity index (χ2n) is 8.89. The molecule has 0 aliphatic carbocycles. The summed E-state index contributed by atoms with van der Waals surface area (Å²) in [4.78, 5) is 29.0. The summed E-state index contributed by atoms with van der Waals surface area (Å²) in [5.74, 6) is 0.991. The summed E-state index contributed by atoms with van der Waals surface area (Å²) in [6.07, 6.45) is 0.0956. The molecule has 1 aliphatic heterocycles. The molecule has 0 saturated carbocycles. The summed E-state index contributed by atoms with van der Waals surface area (Å²) in [5.41, 5.74) is 7.48. The second kappa shape index (κ2) is 8.58. The van der Waals surface area contributed by atoms with Gasteiger partial charge in [-0.25, -0.2) is 9.78 Å². The van der Waals surface area contributed by atoms with E-state index in [1.165, 1.54) is 0 Å². The van der Waals surface area contributed by atoms with Crippen LogP contribution < -0.4 is 20.5 Å². The van der Waals surface area contributed by atoms with Gasteiger partial charge in [0.25, 0.3) is 0 Å². The van der Waals surface area contributed by atoms with Crippen LogP contribution >= 0.6 is 0 Å². The summed E-state index contributed by atoms with van der Waals surface area (Å²) in [5, 5.41) is 2.22. The van der Waals surface area contributed by atoms with Gasteiger partial charge < -0.3 is 15.2 Å². The van der Waals surface area contributed by atoms with Crippen LogP contribution in [0.25, 0.3) is 11.3 Å². The third-order valence-corrected chi connectivity index (χ3v) is 5.70. The van der Waals surface area contributed by atoms with Crippen molar-refractivity contribution >= 4 is 11.9 Å². The maximum absolute atomic E-state index is 12.9. The molecule has 33 heavy (non-hydrogen) atoms. The molecule has 0 saturated heterocycles. The molecule has 0 unspecified atom stereocenters. The molecule has 1 atom stereocenters. The minimum atomic E-state index is -0.997. The highest BCUT2D eigenvalue weighted by Crippen LogP contribution is 2.51. The van der Waals surface area contributed by atoms with Gasteiger partial charge in [-0.2, -0.15) is 0 Å². The third kappa shape index (κ3) is 4.39. The summed E-state index contributed by atoms with van der Waals surface area (Å²) < 4.78 is 11.9. The number of carbonyl (C=O) groups is 2. The standard InChI is InChI=1S/C26H27N3O4/c1-15(2)32-17-11-9-16(10-12-17)20-14-13-19-22(26(3,4)24(30)29-25(27)31)18-7-5-6-8-21(18)33-23(19)28-20/h5-15,22H,1-4H3,(H3,27,29,30,31)/t22-/m0/s1. The number of hydrogen-bond donors (Lipinski definition) is 2. The number of urea groups is 1. The summed E-state index contributed by atoms with van der Waals surface area (Å²) in [6, 6.07) is 18.2. The number of para-hydroxylation sites is 1. The molecule has 4 rings (SSSR count). The lowest BCUT2D eigenvalue weighted by molar-refractivity contribution is -0.128. The normalized spacial score (nSPS) is 14.6. The maximum Gasteiger partial charge on any atom is 0.318 e. The summed E-state index contributed by atoms with van der Waals surface area (Å²) in [7, 11) is 0. The molecule has 0 spiro atoms. The van der Waals surface area contributed by atoms with Gasteiger partial charge in [-0.3, -0.25) is 10.1 Å². The second-order valence-corrected chi connectivity index (χ2v) is 8.89. The van der Waals surface area contributed by atoms with Crippen LogP contribution in [0.4, 0.5) is 4.79 Å². The fourth-order valence-corrected chi connectivity index (χ4v) is 4.16. The van der Waals surface area contributed by atoms with Crippen molar-refractivity contribution in [1.82, 2.24) is 10.3 Å². The number of carbonyl (C=O) groups excluding carboxylic acids is 2. The Morgan fingerprint density at radius 2 is 1.73 bits per heavy atom. The van der Waals surface area contributed by atoms with Crippen molar-refractivity contribution in [3.05, 3.63) is 71.8 Å². The fraction of sp³-hybridized carbons (Fsp3) is 0.269. The number of aromatic nitrogens is 1. The van der Waals surface area contributed by atoms with Crippen molar-refractivity contribution in [2.24, 2.45) is 11.1 Å². The van der Waals surface area contributed by atoms with E-state index in [1.54, 1.807) is 13.8 Å². The van der Waals surface area contributed by atoms with Crippen molar-refractivity contribution in [2.75, 3.05) is 0 Å². The third-order valence-electron chi connectivity index (χ3n) is 5.70. The minimum absolute atomic E-state index is 0.0956. The number of benzene rings is 2. The van der Waals surface area contributed by atoms with Gasteiger partial charge in [0, 0.05) is 22.6 Å². The first-order valence-electron chi connectivity index (χ1n) is 10.8. The number of nitrogens with one attached hydrogen (secondary N) is 1. The number of nitrogens with zero attached hydrogens (tertiary/aromatic N) is 1. The predicted octanol–water partition coefficient (Wildman–Crippen LogP) is 4.99. The van der Waals surface area contributed by atoms with Gasteiger partial charge in [-0.1, -0.05) is 38.1 Å². The van der Waals surface area contributed by atoms with Crippen molar-refractivity contribution in [3.8, 4) is 28.6 Å². The SMILES string of the molecule is CC(C)Oc1ccc(-c2ccc3c(n2)Oc2ccccc2[C@@H]3C(C)(C)C(=O)NC(N)=O)cc1. The first-order chi connectivity index (χ1) is 15.7. The molecule has 3 aromatic rings. The van der Waals surface area contributed by atoms with E-state index in [2.05, 4.69) is 5.32 Å². The Balaban J connectivity index is 1.75. The quantitative estimate of drug-likeness (QED) is 0.576. The number of pyridine rings is 1. The average Bonchev–Trinajstić information content (AvgIpc) is 2.76. The highest BCUT2D eigenvalue weighted by atomic mass is 16.5. The smallest absolute Gasteiger partial charge is 0.318 e. The Morgan fingerprint density at radius 1 is 1.03 bits per heavy atom. The molecule has 1 aliphatic rings. The predicted molar refractivity (Wildman–Crippen MR) is 125 cm³/mol. The van der Waals surface area contributed by atoms with E-state index in [-0.39, 0.29) is 12.0 Å². The number of fused-ring (bicyclic) bond motifs is 2. The molecule has 0 radical (unpaired) electrons. The van der Waals surface area contributed by atoms with Crippen LogP contribution in [0.15, 0.2) is 60.7 Å². The van der Waals surface area contributed by atoms with E-state index < -0.39 is 17.4 Å². The zero-order valence-corrected chi connectivity index (χ0v) is 19.1. The van der Waals surface area contributed by atoms with E-state index >= 15 is 0 Å².